The van der Waals surface area contributed by atoms with Crippen molar-refractivity contribution >= 4 is 5.78 Å². The number of ketones is 1. The molecule has 0 amide bonds. The van der Waals surface area contributed by atoms with E-state index in [4.69, 9.17) is 0 Å². The Labute approximate surface area is 69.5 Å². The third-order valence-corrected chi connectivity index (χ3v) is 1.58. The smallest absolute Gasteiger partial charge is 0.157 e. The van der Waals surface area contributed by atoms with Gasteiger partial charge in [0.15, 0.2) is 5.78 Å². The van der Waals surface area contributed by atoms with Crippen molar-refractivity contribution in [2.24, 2.45) is 5.92 Å². The first kappa shape index (κ1) is 10.4. The van der Waals surface area contributed by atoms with Gasteiger partial charge in [0.05, 0.1) is 0 Å². The molecule has 0 aromatic carbocycles. The molecule has 0 N–H and O–H groups in total. The van der Waals surface area contributed by atoms with Gasteiger partial charge in [0, 0.05) is 5.92 Å². The van der Waals surface area contributed by atoms with Gasteiger partial charge in [-0.1, -0.05) is 39.7 Å². The lowest BCUT2D eigenvalue weighted by Crippen LogP contribution is -2.01. The molecule has 0 bridgehead atoms. The minimum absolute atomic E-state index is 0.146. The summed E-state index contributed by atoms with van der Waals surface area (Å²) in [6.45, 7) is 6.00. The van der Waals surface area contributed by atoms with Gasteiger partial charge in [0.25, 0.3) is 0 Å². The van der Waals surface area contributed by atoms with E-state index in [9.17, 15) is 4.79 Å². The summed E-state index contributed by atoms with van der Waals surface area (Å²) in [5, 5.41) is 0. The molecule has 64 valence electrons. The quantitative estimate of drug-likeness (QED) is 0.439. The number of hydrogen-bond donors (Lipinski definition) is 0. The molecule has 0 aliphatic heterocycles. The molecule has 0 fully saturated rings. The van der Waals surface area contributed by atoms with Gasteiger partial charge in [-0.05, 0) is 12.5 Å². The van der Waals surface area contributed by atoms with Crippen molar-refractivity contribution < 1.29 is 4.79 Å². The second-order valence-electron chi connectivity index (χ2n) is 3.10. The number of allylic oxidation sites excluding steroid dienone is 2. The lowest BCUT2D eigenvalue weighted by molar-refractivity contribution is -0.117. The molecule has 11 heavy (non-hydrogen) atoms. The molecule has 0 radical (unpaired) electrons. The highest BCUT2D eigenvalue weighted by molar-refractivity contribution is 5.91. The fourth-order valence-electron chi connectivity index (χ4n) is 0.714. The molecule has 0 aromatic rings. The zero-order valence-electron chi connectivity index (χ0n) is 7.76. The molecule has 0 saturated heterocycles. The first-order valence-corrected chi connectivity index (χ1v) is 4.38. The molecular weight excluding hydrogens is 136 g/mol. The van der Waals surface area contributed by atoms with Crippen LogP contribution in [0.1, 0.15) is 40.0 Å². The lowest BCUT2D eigenvalue weighted by atomic mass is 10.1. The van der Waals surface area contributed by atoms with E-state index < -0.39 is 0 Å². The maximum Gasteiger partial charge on any atom is 0.157 e. The van der Waals surface area contributed by atoms with E-state index in [2.05, 4.69) is 6.92 Å². The fourth-order valence-corrected chi connectivity index (χ4v) is 0.714. The normalized spacial score (nSPS) is 11.3. The summed E-state index contributed by atoms with van der Waals surface area (Å²) in [6.07, 6.45) is 7.10. The molecule has 0 aromatic heterocycles. The van der Waals surface area contributed by atoms with E-state index in [1.165, 1.54) is 12.8 Å². The molecule has 0 aliphatic carbocycles. The predicted octanol–water partition coefficient (Wildman–Crippen LogP) is 2.96. The van der Waals surface area contributed by atoms with E-state index in [1.807, 2.05) is 19.9 Å². The Hall–Kier alpha value is -0.590. The van der Waals surface area contributed by atoms with Crippen LogP contribution in [0.2, 0.25) is 0 Å². The van der Waals surface area contributed by atoms with Crippen molar-refractivity contribution in [3.63, 3.8) is 0 Å². The van der Waals surface area contributed by atoms with Gasteiger partial charge in [-0.15, -0.1) is 0 Å². The Bertz CT molecular complexity index is 134. The van der Waals surface area contributed by atoms with Gasteiger partial charge in [-0.2, -0.15) is 0 Å². The molecule has 0 rings (SSSR count). The highest BCUT2D eigenvalue weighted by Gasteiger charge is 2.00. The van der Waals surface area contributed by atoms with Crippen LogP contribution in [0.25, 0.3) is 0 Å². The fraction of sp³-hybridized carbons (Fsp3) is 0.700. The average Bonchev–Trinajstić information content (AvgIpc) is 1.97. The van der Waals surface area contributed by atoms with Crippen molar-refractivity contribution in [3.8, 4) is 0 Å². The molecule has 0 atom stereocenters. The van der Waals surface area contributed by atoms with Crippen LogP contribution in [0.15, 0.2) is 12.2 Å². The van der Waals surface area contributed by atoms with Gasteiger partial charge >= 0.3 is 0 Å². The van der Waals surface area contributed by atoms with Gasteiger partial charge in [0.2, 0.25) is 0 Å². The second-order valence-corrected chi connectivity index (χ2v) is 3.10. The zero-order valence-corrected chi connectivity index (χ0v) is 7.76. The number of hydrogen-bond acceptors (Lipinski definition) is 1. The third kappa shape index (κ3) is 5.84. The Morgan fingerprint density at radius 2 is 2.09 bits per heavy atom. The minimum Gasteiger partial charge on any atom is -0.295 e. The predicted molar refractivity (Wildman–Crippen MR) is 48.5 cm³/mol. The summed E-state index contributed by atoms with van der Waals surface area (Å²) in [7, 11) is 0. The van der Waals surface area contributed by atoms with Crippen molar-refractivity contribution in [2.45, 2.75) is 40.0 Å². The van der Waals surface area contributed by atoms with Crippen LogP contribution in [0.4, 0.5) is 0 Å². The summed E-state index contributed by atoms with van der Waals surface area (Å²) in [6, 6.07) is 0. The van der Waals surface area contributed by atoms with Gasteiger partial charge in [-0.3, -0.25) is 4.79 Å². The van der Waals surface area contributed by atoms with Crippen LogP contribution in [-0.4, -0.2) is 5.78 Å². The second kappa shape index (κ2) is 6.14. The molecule has 0 spiro atoms. The SMILES string of the molecule is CCCC/C=C/C(=O)C(C)C. The van der Waals surface area contributed by atoms with Crippen molar-refractivity contribution in [3.05, 3.63) is 12.2 Å². The molecule has 0 saturated carbocycles. The number of rotatable bonds is 5. The summed E-state index contributed by atoms with van der Waals surface area (Å²) < 4.78 is 0. The van der Waals surface area contributed by atoms with Crippen molar-refractivity contribution in [2.75, 3.05) is 0 Å². The van der Waals surface area contributed by atoms with Gasteiger partial charge in [0.1, 0.15) is 0 Å². The standard InChI is InChI=1S/C10H18O/c1-4-5-6-7-8-10(11)9(2)3/h7-9H,4-6H2,1-3H3/b8-7+. The van der Waals surface area contributed by atoms with Crippen LogP contribution in [0.5, 0.6) is 0 Å². The first-order chi connectivity index (χ1) is 5.18. The monoisotopic (exact) mass is 154 g/mol. The Morgan fingerprint density at radius 1 is 1.45 bits per heavy atom. The minimum atomic E-state index is 0.146. The van der Waals surface area contributed by atoms with Gasteiger partial charge in [-0.25, -0.2) is 0 Å². The van der Waals surface area contributed by atoms with Gasteiger partial charge < -0.3 is 0 Å². The summed E-state index contributed by atoms with van der Waals surface area (Å²) in [4.78, 5) is 11.0. The molecule has 1 nitrogen and oxygen atoms in total. The number of carbonyl (C=O) groups excluding carboxylic acids is 1. The average molecular weight is 154 g/mol. The maximum atomic E-state index is 11.0. The van der Waals surface area contributed by atoms with E-state index >= 15 is 0 Å². The lowest BCUT2D eigenvalue weighted by Gasteiger charge is -1.95. The number of carbonyl (C=O) groups is 1. The summed E-state index contributed by atoms with van der Waals surface area (Å²) in [5.74, 6) is 0.383. The van der Waals surface area contributed by atoms with Crippen LogP contribution in [0.3, 0.4) is 0 Å². The molecule has 1 heteroatoms. The number of unbranched alkanes of at least 4 members (excludes halogenated alkanes) is 2. The van der Waals surface area contributed by atoms with E-state index in [0.29, 0.717) is 0 Å². The van der Waals surface area contributed by atoms with Crippen LogP contribution < -0.4 is 0 Å². The van der Waals surface area contributed by atoms with E-state index in [0.717, 1.165) is 6.42 Å². The zero-order chi connectivity index (χ0) is 8.69. The van der Waals surface area contributed by atoms with Crippen molar-refractivity contribution in [1.82, 2.24) is 0 Å². The third-order valence-electron chi connectivity index (χ3n) is 1.58. The molecular formula is C10H18O. The maximum absolute atomic E-state index is 11.0. The molecule has 0 aliphatic rings. The van der Waals surface area contributed by atoms with Crippen LogP contribution >= 0.6 is 0 Å². The highest BCUT2D eigenvalue weighted by atomic mass is 16.1. The van der Waals surface area contributed by atoms with E-state index in [-0.39, 0.29) is 11.7 Å². The largest absolute Gasteiger partial charge is 0.295 e. The van der Waals surface area contributed by atoms with Crippen LogP contribution in [0, 0.1) is 5.92 Å². The Balaban J connectivity index is 3.49. The highest BCUT2D eigenvalue weighted by Crippen LogP contribution is 1.99. The summed E-state index contributed by atoms with van der Waals surface area (Å²) in [5.41, 5.74) is 0. The molecule has 0 unspecified atom stereocenters. The first-order valence-electron chi connectivity index (χ1n) is 4.38. The van der Waals surface area contributed by atoms with Crippen LogP contribution in [-0.2, 0) is 4.79 Å². The van der Waals surface area contributed by atoms with Crippen molar-refractivity contribution in [1.29, 1.82) is 0 Å². The molecule has 0 heterocycles. The van der Waals surface area contributed by atoms with E-state index in [1.54, 1.807) is 6.08 Å². The Kier molecular flexibility index (Phi) is 5.81. The Morgan fingerprint density at radius 3 is 2.55 bits per heavy atom. The summed E-state index contributed by atoms with van der Waals surface area (Å²) >= 11 is 0. The topological polar surface area (TPSA) is 17.1 Å².